The second-order valence-corrected chi connectivity index (χ2v) is 4.03. The molecule has 2 heterocycles. The van der Waals surface area contributed by atoms with E-state index in [4.69, 9.17) is 0 Å². The van der Waals surface area contributed by atoms with Crippen LogP contribution in [0.15, 0.2) is 18.2 Å². The Kier molecular flexibility index (Phi) is 2.85. The van der Waals surface area contributed by atoms with E-state index in [0.29, 0.717) is 6.04 Å². The highest BCUT2D eigenvalue weighted by atomic mass is 35.5. The van der Waals surface area contributed by atoms with Gasteiger partial charge >= 0.3 is 0 Å². The first kappa shape index (κ1) is 10.7. The van der Waals surface area contributed by atoms with E-state index in [1.54, 1.807) is 12.1 Å². The Bertz CT molecular complexity index is 370. The standard InChI is InChI=1S/C11H13FN2.ClH/c12-9-2-1-8-5-10-7-13-3-4-14(10)11(8)6-9;/h1-2,6,10,13H,3-5,7H2;1H. The maximum atomic E-state index is 13.1. The van der Waals surface area contributed by atoms with Crippen molar-refractivity contribution in [1.82, 2.24) is 5.32 Å². The minimum absolute atomic E-state index is 0. The van der Waals surface area contributed by atoms with Crippen LogP contribution < -0.4 is 10.2 Å². The third-order valence-corrected chi connectivity index (χ3v) is 3.16. The summed E-state index contributed by atoms with van der Waals surface area (Å²) in [6, 6.07) is 5.69. The minimum atomic E-state index is -0.122. The van der Waals surface area contributed by atoms with Gasteiger partial charge in [-0.3, -0.25) is 0 Å². The van der Waals surface area contributed by atoms with Gasteiger partial charge in [-0.25, -0.2) is 4.39 Å². The number of hydrogen-bond donors (Lipinski definition) is 1. The predicted octanol–water partition coefficient (Wildman–Crippen LogP) is 1.58. The van der Waals surface area contributed by atoms with Crippen LogP contribution in [-0.4, -0.2) is 25.7 Å². The second-order valence-electron chi connectivity index (χ2n) is 4.03. The van der Waals surface area contributed by atoms with E-state index < -0.39 is 0 Å². The zero-order valence-electron chi connectivity index (χ0n) is 8.37. The largest absolute Gasteiger partial charge is 0.365 e. The fraction of sp³-hybridized carbons (Fsp3) is 0.455. The molecule has 0 spiro atoms. The van der Waals surface area contributed by atoms with Crippen LogP contribution in [0.5, 0.6) is 0 Å². The molecule has 3 rings (SSSR count). The van der Waals surface area contributed by atoms with Crippen LogP contribution in [0, 0.1) is 5.82 Å². The average Bonchev–Trinajstić information content (AvgIpc) is 2.56. The number of rotatable bonds is 0. The summed E-state index contributed by atoms with van der Waals surface area (Å²) in [7, 11) is 0. The summed E-state index contributed by atoms with van der Waals surface area (Å²) in [5.41, 5.74) is 2.40. The topological polar surface area (TPSA) is 15.3 Å². The number of nitrogens with one attached hydrogen (secondary N) is 1. The van der Waals surface area contributed by atoms with Crippen molar-refractivity contribution >= 4 is 18.1 Å². The SMILES string of the molecule is Cl.Fc1ccc2c(c1)N1CCNCC1C2. The fourth-order valence-electron chi connectivity index (χ4n) is 2.49. The van der Waals surface area contributed by atoms with E-state index in [2.05, 4.69) is 10.2 Å². The van der Waals surface area contributed by atoms with Crippen molar-refractivity contribution in [1.29, 1.82) is 0 Å². The minimum Gasteiger partial charge on any atom is -0.365 e. The molecule has 1 atom stereocenters. The van der Waals surface area contributed by atoms with Gasteiger partial charge in [-0.2, -0.15) is 0 Å². The molecule has 1 aromatic carbocycles. The van der Waals surface area contributed by atoms with E-state index in [-0.39, 0.29) is 18.2 Å². The van der Waals surface area contributed by atoms with Gasteiger partial charge in [0.2, 0.25) is 0 Å². The molecule has 2 aliphatic rings. The summed E-state index contributed by atoms with van der Waals surface area (Å²) in [6.07, 6.45) is 1.06. The Balaban J connectivity index is 0.000000853. The van der Waals surface area contributed by atoms with Crippen LogP contribution in [0.1, 0.15) is 5.56 Å². The van der Waals surface area contributed by atoms with Crippen LogP contribution in [0.4, 0.5) is 10.1 Å². The van der Waals surface area contributed by atoms with Crippen molar-refractivity contribution in [3.8, 4) is 0 Å². The van der Waals surface area contributed by atoms with Gasteiger partial charge in [0, 0.05) is 31.4 Å². The Morgan fingerprint density at radius 2 is 2.27 bits per heavy atom. The van der Waals surface area contributed by atoms with E-state index in [1.165, 1.54) is 5.56 Å². The molecule has 15 heavy (non-hydrogen) atoms. The molecule has 4 heteroatoms. The number of piperazine rings is 1. The zero-order chi connectivity index (χ0) is 9.54. The molecule has 0 aliphatic carbocycles. The first-order valence-corrected chi connectivity index (χ1v) is 5.10. The monoisotopic (exact) mass is 228 g/mol. The highest BCUT2D eigenvalue weighted by Gasteiger charge is 2.30. The quantitative estimate of drug-likeness (QED) is 0.726. The zero-order valence-corrected chi connectivity index (χ0v) is 9.19. The Labute approximate surface area is 94.9 Å². The Morgan fingerprint density at radius 3 is 3.13 bits per heavy atom. The first-order chi connectivity index (χ1) is 6.84. The third kappa shape index (κ3) is 1.70. The van der Waals surface area contributed by atoms with Crippen LogP contribution in [-0.2, 0) is 6.42 Å². The molecule has 0 amide bonds. The smallest absolute Gasteiger partial charge is 0.125 e. The molecule has 1 fully saturated rings. The number of halogens is 2. The molecular weight excluding hydrogens is 215 g/mol. The molecular formula is C11H14ClFN2. The highest BCUT2D eigenvalue weighted by molar-refractivity contribution is 5.85. The van der Waals surface area contributed by atoms with E-state index in [9.17, 15) is 4.39 Å². The number of nitrogens with zero attached hydrogens (tertiary/aromatic N) is 1. The lowest BCUT2D eigenvalue weighted by Gasteiger charge is -2.32. The summed E-state index contributed by atoms with van der Waals surface area (Å²) in [4.78, 5) is 2.33. The molecule has 2 aliphatic heterocycles. The highest BCUT2D eigenvalue weighted by Crippen LogP contribution is 2.33. The Hall–Kier alpha value is -0.800. The molecule has 1 unspecified atom stereocenters. The molecule has 82 valence electrons. The van der Waals surface area contributed by atoms with Crippen molar-refractivity contribution in [2.45, 2.75) is 12.5 Å². The molecule has 1 saturated heterocycles. The summed E-state index contributed by atoms with van der Waals surface area (Å²) < 4.78 is 13.1. The maximum absolute atomic E-state index is 13.1. The number of fused-ring (bicyclic) bond motifs is 3. The molecule has 0 aromatic heterocycles. The predicted molar refractivity (Wildman–Crippen MR) is 61.4 cm³/mol. The summed E-state index contributed by atoms with van der Waals surface area (Å²) in [5.74, 6) is -0.122. The van der Waals surface area contributed by atoms with E-state index in [0.717, 1.165) is 31.7 Å². The number of anilines is 1. The van der Waals surface area contributed by atoms with Gasteiger partial charge < -0.3 is 10.2 Å². The normalized spacial score (nSPS) is 23.0. The summed E-state index contributed by atoms with van der Waals surface area (Å²) >= 11 is 0. The lowest BCUT2D eigenvalue weighted by atomic mass is 10.1. The van der Waals surface area contributed by atoms with Crippen molar-refractivity contribution in [2.24, 2.45) is 0 Å². The van der Waals surface area contributed by atoms with Crippen molar-refractivity contribution in [3.05, 3.63) is 29.6 Å². The average molecular weight is 229 g/mol. The number of hydrogen-bond acceptors (Lipinski definition) is 2. The van der Waals surface area contributed by atoms with E-state index >= 15 is 0 Å². The maximum Gasteiger partial charge on any atom is 0.125 e. The van der Waals surface area contributed by atoms with Crippen LogP contribution in [0.3, 0.4) is 0 Å². The van der Waals surface area contributed by atoms with Crippen molar-refractivity contribution in [3.63, 3.8) is 0 Å². The summed E-state index contributed by atoms with van der Waals surface area (Å²) in [5, 5.41) is 3.37. The lowest BCUT2D eigenvalue weighted by molar-refractivity contribution is 0.494. The van der Waals surface area contributed by atoms with Gasteiger partial charge in [-0.15, -0.1) is 12.4 Å². The molecule has 2 nitrogen and oxygen atoms in total. The molecule has 1 aromatic rings. The lowest BCUT2D eigenvalue weighted by Crippen LogP contribution is -2.49. The second kappa shape index (κ2) is 3.99. The van der Waals surface area contributed by atoms with Gasteiger partial charge in [0.15, 0.2) is 0 Å². The number of benzene rings is 1. The van der Waals surface area contributed by atoms with Gasteiger partial charge in [0.25, 0.3) is 0 Å². The molecule has 0 radical (unpaired) electrons. The third-order valence-electron chi connectivity index (χ3n) is 3.16. The van der Waals surface area contributed by atoms with Gasteiger partial charge in [-0.1, -0.05) is 6.07 Å². The first-order valence-electron chi connectivity index (χ1n) is 5.10. The van der Waals surface area contributed by atoms with Crippen LogP contribution >= 0.6 is 12.4 Å². The molecule has 0 saturated carbocycles. The molecule has 1 N–H and O–H groups in total. The molecule has 0 bridgehead atoms. The van der Waals surface area contributed by atoms with Gasteiger partial charge in [0.05, 0.1) is 0 Å². The summed E-state index contributed by atoms with van der Waals surface area (Å²) in [6.45, 7) is 3.03. The Morgan fingerprint density at radius 1 is 1.40 bits per heavy atom. The fourth-order valence-corrected chi connectivity index (χ4v) is 2.49. The van der Waals surface area contributed by atoms with Gasteiger partial charge in [-0.05, 0) is 24.1 Å². The van der Waals surface area contributed by atoms with Crippen LogP contribution in [0.2, 0.25) is 0 Å². The van der Waals surface area contributed by atoms with Crippen LogP contribution in [0.25, 0.3) is 0 Å². The van der Waals surface area contributed by atoms with Crippen molar-refractivity contribution < 1.29 is 4.39 Å². The van der Waals surface area contributed by atoms with E-state index in [1.807, 2.05) is 6.07 Å². The van der Waals surface area contributed by atoms with Crippen molar-refractivity contribution in [2.75, 3.05) is 24.5 Å². The van der Waals surface area contributed by atoms with Gasteiger partial charge in [0.1, 0.15) is 5.82 Å².